The van der Waals surface area contributed by atoms with Crippen molar-refractivity contribution < 1.29 is 14.3 Å². The zero-order valence-corrected chi connectivity index (χ0v) is 14.2. The topological polar surface area (TPSA) is 47.6 Å². The number of alkyl halides is 1. The maximum absolute atomic E-state index is 12.1. The summed E-state index contributed by atoms with van der Waals surface area (Å²) in [4.78, 5) is 12.1. The average molecular weight is 391 g/mol. The number of methoxy groups -OCH3 is 2. The highest BCUT2D eigenvalue weighted by Crippen LogP contribution is 2.24. The molecule has 0 aliphatic heterocycles. The van der Waals surface area contributed by atoms with Crippen molar-refractivity contribution in [1.82, 2.24) is 5.32 Å². The molecule has 112 valence electrons. The van der Waals surface area contributed by atoms with Gasteiger partial charge in [-0.05, 0) is 29.4 Å². The first kappa shape index (κ1) is 17.1. The quantitative estimate of drug-likeness (QED) is 0.399. The third-order valence-corrected chi connectivity index (χ3v) is 3.76. The Balaban J connectivity index is 2.46. The largest absolute Gasteiger partial charge is 0.497 e. The molecule has 0 saturated carbocycles. The first-order chi connectivity index (χ1) is 9.72. The van der Waals surface area contributed by atoms with Crippen LogP contribution in [0.3, 0.4) is 0 Å². The van der Waals surface area contributed by atoms with Crippen molar-refractivity contribution >= 4 is 28.5 Å². The standard InChI is InChI=1S/C15H22INO3/c1-19-12-7-8-13(14(11-12)20-2)15(18)17-10-6-4-3-5-9-16/h7-8,11H,3-6,9-10H2,1-2H3,(H,17,18). The Hall–Kier alpha value is -0.980. The van der Waals surface area contributed by atoms with E-state index in [-0.39, 0.29) is 5.91 Å². The van der Waals surface area contributed by atoms with Crippen LogP contribution in [0, 0.1) is 0 Å². The van der Waals surface area contributed by atoms with E-state index in [9.17, 15) is 4.79 Å². The van der Waals surface area contributed by atoms with Gasteiger partial charge in [-0.15, -0.1) is 0 Å². The summed E-state index contributed by atoms with van der Waals surface area (Å²) in [5, 5.41) is 2.93. The van der Waals surface area contributed by atoms with E-state index in [1.54, 1.807) is 32.4 Å². The van der Waals surface area contributed by atoms with Gasteiger partial charge in [-0.1, -0.05) is 35.4 Å². The van der Waals surface area contributed by atoms with Crippen LogP contribution in [0.25, 0.3) is 0 Å². The molecular formula is C15H22INO3. The molecule has 0 bridgehead atoms. The fourth-order valence-electron chi connectivity index (χ4n) is 1.86. The monoisotopic (exact) mass is 391 g/mol. The van der Waals surface area contributed by atoms with Crippen molar-refractivity contribution in [3.8, 4) is 11.5 Å². The summed E-state index contributed by atoms with van der Waals surface area (Å²) < 4.78 is 11.5. The Morgan fingerprint density at radius 2 is 1.90 bits per heavy atom. The second-order valence-corrected chi connectivity index (χ2v) is 5.50. The van der Waals surface area contributed by atoms with Crippen molar-refractivity contribution in [3.63, 3.8) is 0 Å². The van der Waals surface area contributed by atoms with Gasteiger partial charge in [0.05, 0.1) is 19.8 Å². The predicted octanol–water partition coefficient (Wildman–Crippen LogP) is 3.43. The Labute approximate surface area is 134 Å². The van der Waals surface area contributed by atoms with Crippen molar-refractivity contribution in [2.24, 2.45) is 0 Å². The summed E-state index contributed by atoms with van der Waals surface area (Å²) in [6.07, 6.45) is 4.65. The molecule has 4 nitrogen and oxygen atoms in total. The van der Waals surface area contributed by atoms with Crippen LogP contribution < -0.4 is 14.8 Å². The zero-order chi connectivity index (χ0) is 14.8. The molecule has 0 spiro atoms. The fraction of sp³-hybridized carbons (Fsp3) is 0.533. The summed E-state index contributed by atoms with van der Waals surface area (Å²) in [6, 6.07) is 5.20. The van der Waals surface area contributed by atoms with E-state index in [1.165, 1.54) is 17.3 Å². The zero-order valence-electron chi connectivity index (χ0n) is 12.1. The predicted molar refractivity (Wildman–Crippen MR) is 89.2 cm³/mol. The maximum atomic E-state index is 12.1. The van der Waals surface area contributed by atoms with Crippen LogP contribution in [-0.2, 0) is 0 Å². The van der Waals surface area contributed by atoms with Gasteiger partial charge in [-0.2, -0.15) is 0 Å². The van der Waals surface area contributed by atoms with Crippen LogP contribution in [0.1, 0.15) is 36.0 Å². The van der Waals surface area contributed by atoms with Crippen molar-refractivity contribution in [1.29, 1.82) is 0 Å². The van der Waals surface area contributed by atoms with Gasteiger partial charge in [0.25, 0.3) is 5.91 Å². The molecule has 0 aliphatic rings. The SMILES string of the molecule is COc1ccc(C(=O)NCCCCCCI)c(OC)c1. The molecule has 1 amide bonds. The number of unbranched alkanes of at least 4 members (excludes halogenated alkanes) is 3. The smallest absolute Gasteiger partial charge is 0.255 e. The highest BCUT2D eigenvalue weighted by molar-refractivity contribution is 14.1. The number of carbonyl (C=O) groups excluding carboxylic acids is 1. The number of rotatable bonds is 9. The molecule has 1 aromatic carbocycles. The number of benzene rings is 1. The molecular weight excluding hydrogens is 369 g/mol. The molecule has 0 heterocycles. The maximum Gasteiger partial charge on any atom is 0.255 e. The first-order valence-electron chi connectivity index (χ1n) is 6.79. The number of carbonyl (C=O) groups is 1. The number of ether oxygens (including phenoxy) is 2. The van der Waals surface area contributed by atoms with Crippen LogP contribution in [0.2, 0.25) is 0 Å². The van der Waals surface area contributed by atoms with E-state index in [0.717, 1.165) is 12.8 Å². The number of nitrogens with one attached hydrogen (secondary N) is 1. The lowest BCUT2D eigenvalue weighted by Crippen LogP contribution is -2.24. The second-order valence-electron chi connectivity index (χ2n) is 4.43. The molecule has 0 fully saturated rings. The van der Waals surface area contributed by atoms with E-state index in [0.29, 0.717) is 23.6 Å². The molecule has 1 rings (SSSR count). The van der Waals surface area contributed by atoms with Crippen LogP contribution in [0.5, 0.6) is 11.5 Å². The minimum absolute atomic E-state index is 0.0987. The summed E-state index contributed by atoms with van der Waals surface area (Å²) in [7, 11) is 3.14. The minimum Gasteiger partial charge on any atom is -0.497 e. The number of halogens is 1. The Morgan fingerprint density at radius 3 is 2.55 bits per heavy atom. The molecule has 20 heavy (non-hydrogen) atoms. The van der Waals surface area contributed by atoms with Crippen LogP contribution in [-0.4, -0.2) is 31.1 Å². The van der Waals surface area contributed by atoms with E-state index >= 15 is 0 Å². The van der Waals surface area contributed by atoms with Gasteiger partial charge >= 0.3 is 0 Å². The normalized spacial score (nSPS) is 10.2. The minimum atomic E-state index is -0.0987. The van der Waals surface area contributed by atoms with Gasteiger partial charge in [0.1, 0.15) is 11.5 Å². The molecule has 0 saturated heterocycles. The van der Waals surface area contributed by atoms with Crippen molar-refractivity contribution in [2.45, 2.75) is 25.7 Å². The molecule has 0 unspecified atom stereocenters. The summed E-state index contributed by atoms with van der Waals surface area (Å²) in [6.45, 7) is 0.704. The van der Waals surface area contributed by atoms with E-state index in [4.69, 9.17) is 9.47 Å². The third kappa shape index (κ3) is 5.56. The Morgan fingerprint density at radius 1 is 1.15 bits per heavy atom. The van der Waals surface area contributed by atoms with Crippen molar-refractivity contribution in [3.05, 3.63) is 23.8 Å². The molecule has 0 atom stereocenters. The highest BCUT2D eigenvalue weighted by atomic mass is 127. The lowest BCUT2D eigenvalue weighted by atomic mass is 10.1. The average Bonchev–Trinajstić information content (AvgIpc) is 2.49. The summed E-state index contributed by atoms with van der Waals surface area (Å²) in [5.41, 5.74) is 0.542. The summed E-state index contributed by atoms with van der Waals surface area (Å²) >= 11 is 2.39. The van der Waals surface area contributed by atoms with E-state index in [2.05, 4.69) is 27.9 Å². The van der Waals surface area contributed by atoms with Crippen LogP contribution >= 0.6 is 22.6 Å². The van der Waals surface area contributed by atoms with Crippen LogP contribution in [0.15, 0.2) is 18.2 Å². The molecule has 1 aromatic rings. The van der Waals surface area contributed by atoms with Gasteiger partial charge in [0.2, 0.25) is 0 Å². The van der Waals surface area contributed by atoms with Gasteiger partial charge in [-0.3, -0.25) is 4.79 Å². The number of amides is 1. The van der Waals surface area contributed by atoms with Gasteiger partial charge in [0, 0.05) is 12.6 Å². The van der Waals surface area contributed by atoms with Gasteiger partial charge in [0.15, 0.2) is 0 Å². The second kappa shape index (κ2) is 9.85. The number of hydrogen-bond acceptors (Lipinski definition) is 3. The van der Waals surface area contributed by atoms with Gasteiger partial charge < -0.3 is 14.8 Å². The third-order valence-electron chi connectivity index (χ3n) is 3.00. The first-order valence-corrected chi connectivity index (χ1v) is 8.31. The van der Waals surface area contributed by atoms with Gasteiger partial charge in [-0.25, -0.2) is 0 Å². The molecule has 1 N–H and O–H groups in total. The lowest BCUT2D eigenvalue weighted by molar-refractivity contribution is 0.0950. The molecule has 5 heteroatoms. The highest BCUT2D eigenvalue weighted by Gasteiger charge is 2.12. The fourth-order valence-corrected chi connectivity index (χ4v) is 2.40. The number of hydrogen-bond donors (Lipinski definition) is 1. The summed E-state index contributed by atoms with van der Waals surface area (Å²) in [5.74, 6) is 1.11. The van der Waals surface area contributed by atoms with Crippen molar-refractivity contribution in [2.75, 3.05) is 25.2 Å². The van der Waals surface area contributed by atoms with E-state index in [1.807, 2.05) is 0 Å². The Kier molecular flexibility index (Phi) is 8.41. The molecule has 0 aliphatic carbocycles. The lowest BCUT2D eigenvalue weighted by Gasteiger charge is -2.10. The van der Waals surface area contributed by atoms with E-state index < -0.39 is 0 Å². The molecule has 0 radical (unpaired) electrons. The van der Waals surface area contributed by atoms with Crippen LogP contribution in [0.4, 0.5) is 0 Å². The Bertz CT molecular complexity index is 424. The molecule has 0 aromatic heterocycles.